The van der Waals surface area contributed by atoms with Crippen LogP contribution in [-0.4, -0.2) is 25.6 Å². The zero-order valence-corrected chi connectivity index (χ0v) is 17.1. The Morgan fingerprint density at radius 1 is 1.21 bits per heavy atom. The molecule has 0 fully saturated rings. The molecular formula is C22H20BrNO4. The quantitative estimate of drug-likeness (QED) is 0.287. The molecule has 0 saturated heterocycles. The molecule has 0 aromatic heterocycles. The Morgan fingerprint density at radius 2 is 1.96 bits per heavy atom. The summed E-state index contributed by atoms with van der Waals surface area (Å²) in [4.78, 5) is 12.4. The van der Waals surface area contributed by atoms with Crippen molar-refractivity contribution in [2.24, 2.45) is 0 Å². The van der Waals surface area contributed by atoms with Gasteiger partial charge in [-0.3, -0.25) is 4.79 Å². The van der Waals surface area contributed by atoms with E-state index in [9.17, 15) is 4.79 Å². The lowest BCUT2D eigenvalue weighted by atomic mass is 10.1. The molecule has 0 N–H and O–H groups in total. The molecule has 0 aliphatic rings. The van der Waals surface area contributed by atoms with Crippen LogP contribution < -0.4 is 14.2 Å². The van der Waals surface area contributed by atoms with E-state index in [4.69, 9.17) is 19.5 Å². The number of halogens is 1. The third kappa shape index (κ3) is 6.00. The molecule has 0 saturated carbocycles. The first-order valence-electron chi connectivity index (χ1n) is 8.61. The Hall–Kier alpha value is -3.04. The van der Waals surface area contributed by atoms with Crippen LogP contribution in [0.15, 0.2) is 59.6 Å². The van der Waals surface area contributed by atoms with Gasteiger partial charge in [0.2, 0.25) is 0 Å². The second kappa shape index (κ2) is 11.0. The van der Waals surface area contributed by atoms with Crippen LogP contribution >= 0.6 is 15.9 Å². The van der Waals surface area contributed by atoms with Crippen LogP contribution in [0.1, 0.15) is 22.8 Å². The molecule has 144 valence electrons. The van der Waals surface area contributed by atoms with Gasteiger partial charge in [-0.15, -0.1) is 0 Å². The summed E-state index contributed by atoms with van der Waals surface area (Å²) in [5, 5.41) is 8.52. The van der Waals surface area contributed by atoms with Gasteiger partial charge < -0.3 is 14.2 Å². The first kappa shape index (κ1) is 21.3. The molecule has 2 rings (SSSR count). The maximum atomic E-state index is 12.4. The molecule has 28 heavy (non-hydrogen) atoms. The lowest BCUT2D eigenvalue weighted by molar-refractivity contribution is 0.104. The molecule has 0 aliphatic carbocycles. The number of ketones is 1. The van der Waals surface area contributed by atoms with Crippen LogP contribution in [0.2, 0.25) is 0 Å². The molecule has 0 atom stereocenters. The number of carbonyl (C=O) groups excluding carboxylic acids is 1. The number of hydrogen-bond donors (Lipinski definition) is 0. The summed E-state index contributed by atoms with van der Waals surface area (Å²) in [6.45, 7) is 6.35. The minimum atomic E-state index is -0.145. The number of ether oxygens (including phenoxy) is 3. The molecule has 0 bridgehead atoms. The number of allylic oxidation sites excluding steroid dienone is 1. The monoisotopic (exact) mass is 441 g/mol. The fourth-order valence-corrected chi connectivity index (χ4v) is 2.90. The van der Waals surface area contributed by atoms with Crippen molar-refractivity contribution in [1.82, 2.24) is 0 Å². The Bertz CT molecular complexity index is 898. The maximum Gasteiger partial charge on any atom is 0.185 e. The zero-order valence-electron chi connectivity index (χ0n) is 15.5. The van der Waals surface area contributed by atoms with Crippen LogP contribution in [0.25, 0.3) is 6.08 Å². The van der Waals surface area contributed by atoms with Gasteiger partial charge >= 0.3 is 0 Å². The summed E-state index contributed by atoms with van der Waals surface area (Å²) in [6, 6.07) is 12.2. The lowest BCUT2D eigenvalue weighted by Gasteiger charge is -2.13. The highest BCUT2D eigenvalue weighted by atomic mass is 79.9. The number of benzene rings is 2. The van der Waals surface area contributed by atoms with Gasteiger partial charge in [0.15, 0.2) is 23.9 Å². The van der Waals surface area contributed by atoms with Crippen LogP contribution in [-0.2, 0) is 0 Å². The van der Waals surface area contributed by atoms with Crippen LogP contribution in [0.4, 0.5) is 0 Å². The molecular weight excluding hydrogens is 422 g/mol. The fraction of sp³-hybridized carbons (Fsp3) is 0.182. The van der Waals surface area contributed by atoms with Crippen molar-refractivity contribution in [1.29, 1.82) is 5.26 Å². The molecule has 0 heterocycles. The third-order valence-corrected chi connectivity index (χ3v) is 4.14. The Kier molecular flexibility index (Phi) is 8.32. The normalized spacial score (nSPS) is 10.3. The molecule has 2 aromatic rings. The largest absolute Gasteiger partial charge is 0.490 e. The molecule has 2 aromatic carbocycles. The smallest absolute Gasteiger partial charge is 0.185 e. The summed E-state index contributed by atoms with van der Waals surface area (Å²) < 4.78 is 17.2. The van der Waals surface area contributed by atoms with E-state index >= 15 is 0 Å². The molecule has 0 spiro atoms. The average Bonchev–Trinajstić information content (AvgIpc) is 2.70. The van der Waals surface area contributed by atoms with E-state index in [0.717, 1.165) is 10.0 Å². The maximum absolute atomic E-state index is 12.4. The summed E-state index contributed by atoms with van der Waals surface area (Å²) in [5.74, 6) is 1.58. The van der Waals surface area contributed by atoms with Gasteiger partial charge in [-0.05, 0) is 70.9 Å². The topological polar surface area (TPSA) is 68.5 Å². The van der Waals surface area contributed by atoms with Crippen LogP contribution in [0.3, 0.4) is 0 Å². The average molecular weight is 442 g/mol. The zero-order chi connectivity index (χ0) is 20.4. The van der Waals surface area contributed by atoms with Gasteiger partial charge in [-0.25, -0.2) is 0 Å². The first-order chi connectivity index (χ1) is 13.6. The fourth-order valence-electron chi connectivity index (χ4n) is 2.33. The van der Waals surface area contributed by atoms with E-state index in [1.54, 1.807) is 36.4 Å². The van der Waals surface area contributed by atoms with E-state index in [0.29, 0.717) is 36.0 Å². The van der Waals surface area contributed by atoms with Gasteiger partial charge in [-0.2, -0.15) is 5.26 Å². The highest BCUT2D eigenvalue weighted by molar-refractivity contribution is 9.10. The second-order valence-corrected chi connectivity index (χ2v) is 6.39. The number of rotatable bonds is 10. The van der Waals surface area contributed by atoms with Crippen molar-refractivity contribution in [3.8, 4) is 23.3 Å². The van der Waals surface area contributed by atoms with Crippen LogP contribution in [0.5, 0.6) is 17.2 Å². The number of hydrogen-bond acceptors (Lipinski definition) is 5. The minimum Gasteiger partial charge on any atom is -0.490 e. The van der Waals surface area contributed by atoms with E-state index in [-0.39, 0.29) is 12.4 Å². The van der Waals surface area contributed by atoms with Crippen molar-refractivity contribution in [3.05, 3.63) is 70.7 Å². The molecule has 5 nitrogen and oxygen atoms in total. The summed E-state index contributed by atoms with van der Waals surface area (Å²) >= 11 is 3.48. The summed E-state index contributed by atoms with van der Waals surface area (Å²) in [7, 11) is 0. The van der Waals surface area contributed by atoms with Crippen molar-refractivity contribution in [2.45, 2.75) is 6.92 Å². The van der Waals surface area contributed by atoms with Gasteiger partial charge in [0.1, 0.15) is 18.4 Å². The minimum absolute atomic E-state index is 0.0310. The van der Waals surface area contributed by atoms with Gasteiger partial charge in [0, 0.05) is 5.56 Å². The predicted molar refractivity (Wildman–Crippen MR) is 112 cm³/mol. The summed E-state index contributed by atoms with van der Waals surface area (Å²) in [5.41, 5.74) is 1.32. The first-order valence-corrected chi connectivity index (χ1v) is 9.40. The highest BCUT2D eigenvalue weighted by Crippen LogP contribution is 2.37. The highest BCUT2D eigenvalue weighted by Gasteiger charge is 2.11. The van der Waals surface area contributed by atoms with Crippen molar-refractivity contribution in [2.75, 3.05) is 19.8 Å². The second-order valence-electron chi connectivity index (χ2n) is 5.53. The lowest BCUT2D eigenvalue weighted by Crippen LogP contribution is -2.00. The molecule has 0 aliphatic heterocycles. The number of nitrogens with zero attached hydrogens (tertiary/aromatic N) is 1. The summed E-state index contributed by atoms with van der Waals surface area (Å²) in [6.07, 6.45) is 4.87. The van der Waals surface area contributed by atoms with E-state index in [1.807, 2.05) is 25.1 Å². The van der Waals surface area contributed by atoms with E-state index in [2.05, 4.69) is 22.5 Å². The molecule has 0 unspecified atom stereocenters. The number of nitriles is 1. The third-order valence-electron chi connectivity index (χ3n) is 3.55. The van der Waals surface area contributed by atoms with E-state index in [1.165, 1.54) is 6.08 Å². The van der Waals surface area contributed by atoms with Gasteiger partial charge in [-0.1, -0.05) is 18.7 Å². The van der Waals surface area contributed by atoms with Crippen molar-refractivity contribution >= 4 is 27.8 Å². The van der Waals surface area contributed by atoms with Gasteiger partial charge in [0.05, 0.1) is 11.1 Å². The molecule has 0 radical (unpaired) electrons. The molecule has 6 heteroatoms. The van der Waals surface area contributed by atoms with Crippen molar-refractivity contribution in [3.63, 3.8) is 0 Å². The Morgan fingerprint density at radius 3 is 2.61 bits per heavy atom. The number of carbonyl (C=O) groups is 1. The standard InChI is InChI=1S/C22H20BrNO4/c1-3-12-28-22-19(23)14-16(15-21(22)26-4-2)5-10-20(25)17-6-8-18(9-7-17)27-13-11-24/h3,5-10,14-15H,1,4,12-13H2,2H3/b10-5+. The Labute approximate surface area is 173 Å². The molecule has 0 amide bonds. The predicted octanol–water partition coefficient (Wildman–Crippen LogP) is 5.21. The van der Waals surface area contributed by atoms with Gasteiger partial charge in [0.25, 0.3) is 0 Å². The van der Waals surface area contributed by atoms with E-state index < -0.39 is 0 Å². The van der Waals surface area contributed by atoms with Crippen molar-refractivity contribution < 1.29 is 19.0 Å². The SMILES string of the molecule is C=CCOc1c(Br)cc(/C=C/C(=O)c2ccc(OCC#N)cc2)cc1OCC. The van der Waals surface area contributed by atoms with Crippen LogP contribution in [0, 0.1) is 11.3 Å². The Balaban J connectivity index is 2.17.